The van der Waals surface area contributed by atoms with Gasteiger partial charge in [-0.25, -0.2) is 0 Å². The number of rotatable bonds is 24. The van der Waals surface area contributed by atoms with Crippen molar-refractivity contribution in [1.82, 2.24) is 0 Å². The molecule has 0 spiro atoms. The van der Waals surface area contributed by atoms with Crippen LogP contribution in [0.15, 0.2) is 0 Å². The zero-order chi connectivity index (χ0) is 60.6. The Bertz CT molecular complexity index is 1660. The lowest BCUT2D eigenvalue weighted by Crippen LogP contribution is -2.64. The van der Waals surface area contributed by atoms with E-state index in [9.17, 15) is 86.8 Å². The van der Waals surface area contributed by atoms with Crippen LogP contribution in [0.1, 0.15) is 82.1 Å². The van der Waals surface area contributed by atoms with E-state index >= 15 is 0 Å². The summed E-state index contributed by atoms with van der Waals surface area (Å²) in [5.41, 5.74) is 0. The van der Waals surface area contributed by atoms with Crippen LogP contribution in [0.5, 0.6) is 0 Å². The summed E-state index contributed by atoms with van der Waals surface area (Å²) in [5, 5.41) is 171. The lowest BCUT2D eigenvalue weighted by atomic mass is 9.88. The highest BCUT2D eigenvalue weighted by Gasteiger charge is 2.53. The fourth-order valence-corrected chi connectivity index (χ4v) is 9.76. The topological polar surface area (TPSA) is 455 Å². The molecular formula is C51H98O29. The normalized spacial score (nSPS) is 42.3. The first-order chi connectivity index (χ1) is 37.6. The summed E-state index contributed by atoms with van der Waals surface area (Å²) < 4.78 is 66.3. The van der Waals surface area contributed by atoms with E-state index in [0.29, 0.717) is 6.42 Å². The molecule has 0 aliphatic carbocycles. The average Bonchev–Trinajstić information content (AvgIpc) is 3.43. The molecule has 13 unspecified atom stereocenters. The minimum absolute atomic E-state index is 0.0757. The standard InChI is InChI=1S/C18H34O9.C17H34O10.C16H30O10/c1-8(2)24-17-14(21)12(7-23-5)26-18(15(17)22)27-16-11(6-19)25-10(4)9(3)13(16)20;1-4-5-9(20)12(22)15(10(21)6-18)27-17-14(24)16(25-8(2)3)13(23)11(7-19)26-17;1-6(2)23-15-11(20)8(4-17)25-16(13(15)22)26-14-9(5-18)24-7(3)10(19)12(14)21/h8-22H,6-7H2,1-5H3;8-24H,4-7H2,1-3H3;6-22H,4-5H2,1-3H3/t9?,10-,11?,12?,13+,14-,15?,16+,17-,18-;9?,10?,11?,12-,13+,14?,15-,16+,17+;7?,8?,9?,10?,11-,12+,13?,14+,15-,16-/m010/s1. The lowest BCUT2D eigenvalue weighted by Gasteiger charge is -2.47. The molecule has 0 aromatic carbocycles. The SMILES string of the molecule is CC(C)O[C@@H]1C(O)[C@H](O[C@@H]2C(CO)OC(C)C(O)[C@H]2O)OC(CO)[C@@H]1O.CCCC(O)[C@@H](O)[C@H](O[C@@H]1OC(CO)[C@H](O)[C@H](OC(C)C)C1O)C(O)CO.COCC1O[C@@H](O[C@@H]2C(CO)O[C@@H](C)C(C)[C@H]2O)C(O)[C@@H](OC(C)C)[C@H]1O. The van der Waals surface area contributed by atoms with Crippen molar-refractivity contribution in [3.63, 3.8) is 0 Å². The third kappa shape index (κ3) is 19.4. The first-order valence-corrected chi connectivity index (χ1v) is 27.5. The van der Waals surface area contributed by atoms with E-state index in [4.69, 9.17) is 56.8 Å². The Hall–Kier alpha value is -1.16. The van der Waals surface area contributed by atoms with E-state index in [1.54, 1.807) is 55.4 Å². The number of methoxy groups -OCH3 is 1. The molecule has 0 saturated carbocycles. The number of aliphatic hydroxyl groups excluding tert-OH is 17. The molecule has 5 aliphatic rings. The van der Waals surface area contributed by atoms with Crippen LogP contribution in [0.2, 0.25) is 0 Å². The van der Waals surface area contributed by atoms with Crippen molar-refractivity contribution >= 4 is 0 Å². The Morgan fingerprint density at radius 1 is 0.412 bits per heavy atom. The molecule has 5 rings (SSSR count). The molecule has 476 valence electrons. The van der Waals surface area contributed by atoms with E-state index < -0.39 is 192 Å². The van der Waals surface area contributed by atoms with Crippen LogP contribution in [0.4, 0.5) is 0 Å². The minimum Gasteiger partial charge on any atom is -0.394 e. The van der Waals surface area contributed by atoms with Gasteiger partial charge in [-0.05, 0) is 61.8 Å². The van der Waals surface area contributed by atoms with Crippen LogP contribution in [-0.2, 0) is 56.8 Å². The second-order valence-electron chi connectivity index (χ2n) is 21.7. The molecule has 5 aliphatic heterocycles. The fraction of sp³-hybridized carbons (Fsp3) is 1.00. The van der Waals surface area contributed by atoms with Crippen molar-refractivity contribution in [3.05, 3.63) is 0 Å². The third-order valence-corrected chi connectivity index (χ3v) is 14.3. The van der Waals surface area contributed by atoms with Gasteiger partial charge in [0.25, 0.3) is 0 Å². The van der Waals surface area contributed by atoms with Crippen LogP contribution >= 0.6 is 0 Å². The second kappa shape index (κ2) is 34.8. The quantitative estimate of drug-likeness (QED) is 0.0427. The highest BCUT2D eigenvalue weighted by Crippen LogP contribution is 2.34. The predicted octanol–water partition coefficient (Wildman–Crippen LogP) is -6.38. The first kappa shape index (κ1) is 73.1. The van der Waals surface area contributed by atoms with Gasteiger partial charge >= 0.3 is 0 Å². The zero-order valence-corrected chi connectivity index (χ0v) is 47.6. The van der Waals surface area contributed by atoms with Crippen molar-refractivity contribution in [2.45, 2.75) is 272 Å². The molecule has 0 radical (unpaired) electrons. The highest BCUT2D eigenvalue weighted by atomic mass is 16.7. The van der Waals surface area contributed by atoms with Crippen molar-refractivity contribution in [2.75, 3.05) is 46.8 Å². The predicted molar refractivity (Wildman–Crippen MR) is 273 cm³/mol. The molecule has 29 heteroatoms. The molecule has 0 aromatic rings. The monoisotopic (exact) mass is 1170 g/mol. The van der Waals surface area contributed by atoms with Crippen molar-refractivity contribution in [3.8, 4) is 0 Å². The molecule has 29 nitrogen and oxygen atoms in total. The largest absolute Gasteiger partial charge is 0.394 e. The van der Waals surface area contributed by atoms with Crippen LogP contribution in [0.3, 0.4) is 0 Å². The molecule has 29 atom stereocenters. The van der Waals surface area contributed by atoms with Crippen molar-refractivity contribution < 1.29 is 144 Å². The lowest BCUT2D eigenvalue weighted by molar-refractivity contribution is -0.346. The third-order valence-electron chi connectivity index (χ3n) is 14.3. The number of hydrogen-bond acceptors (Lipinski definition) is 29. The summed E-state index contributed by atoms with van der Waals surface area (Å²) in [4.78, 5) is 0. The van der Waals surface area contributed by atoms with Crippen LogP contribution in [0, 0.1) is 5.92 Å². The molecule has 5 heterocycles. The maximum Gasteiger partial charge on any atom is 0.187 e. The summed E-state index contributed by atoms with van der Waals surface area (Å²) in [5.74, 6) is -0.235. The van der Waals surface area contributed by atoms with E-state index in [1.165, 1.54) is 7.11 Å². The van der Waals surface area contributed by atoms with E-state index in [1.807, 2.05) is 13.8 Å². The Balaban J connectivity index is 0.000000315. The first-order valence-electron chi connectivity index (χ1n) is 27.5. The average molecular weight is 1180 g/mol. The number of aliphatic hydroxyl groups is 17. The Morgan fingerprint density at radius 2 is 0.800 bits per heavy atom. The summed E-state index contributed by atoms with van der Waals surface area (Å²) in [6.45, 7) is 14.7. The molecule has 0 bridgehead atoms. The smallest absolute Gasteiger partial charge is 0.187 e. The van der Waals surface area contributed by atoms with Gasteiger partial charge in [0.2, 0.25) is 0 Å². The van der Waals surface area contributed by atoms with Gasteiger partial charge in [0.1, 0.15) is 128 Å². The molecule has 80 heavy (non-hydrogen) atoms. The van der Waals surface area contributed by atoms with Crippen LogP contribution in [-0.4, -0.2) is 323 Å². The number of hydrogen-bond donors (Lipinski definition) is 17. The van der Waals surface area contributed by atoms with Gasteiger partial charge in [-0.2, -0.15) is 0 Å². The van der Waals surface area contributed by atoms with Gasteiger partial charge < -0.3 is 144 Å². The van der Waals surface area contributed by atoms with E-state index in [2.05, 4.69) is 0 Å². The van der Waals surface area contributed by atoms with Gasteiger partial charge in [-0.1, -0.05) is 20.3 Å². The van der Waals surface area contributed by atoms with Gasteiger partial charge in [0.05, 0.1) is 82.4 Å². The molecule has 5 saturated heterocycles. The van der Waals surface area contributed by atoms with E-state index in [0.717, 1.165) is 0 Å². The van der Waals surface area contributed by atoms with Gasteiger partial charge in [-0.15, -0.1) is 0 Å². The summed E-state index contributed by atoms with van der Waals surface area (Å²) >= 11 is 0. The Morgan fingerprint density at radius 3 is 1.20 bits per heavy atom. The maximum absolute atomic E-state index is 10.7. The Labute approximate surface area is 467 Å². The van der Waals surface area contributed by atoms with Gasteiger partial charge in [-0.3, -0.25) is 0 Å². The van der Waals surface area contributed by atoms with Crippen molar-refractivity contribution in [1.29, 1.82) is 0 Å². The van der Waals surface area contributed by atoms with Crippen LogP contribution in [0.25, 0.3) is 0 Å². The Kier molecular flexibility index (Phi) is 31.8. The zero-order valence-electron chi connectivity index (χ0n) is 47.6. The number of ether oxygens (including phenoxy) is 12. The summed E-state index contributed by atoms with van der Waals surface area (Å²) in [7, 11) is 1.47. The minimum atomic E-state index is -1.56. The molecular weight excluding hydrogens is 1080 g/mol. The maximum atomic E-state index is 10.7. The molecule has 0 amide bonds. The molecule has 17 N–H and O–H groups in total. The summed E-state index contributed by atoms with van der Waals surface area (Å²) in [6, 6.07) is 0. The molecule has 5 fully saturated rings. The van der Waals surface area contributed by atoms with Gasteiger partial charge in [0.15, 0.2) is 18.9 Å². The molecule has 0 aromatic heterocycles. The van der Waals surface area contributed by atoms with Crippen LogP contribution < -0.4 is 0 Å². The fourth-order valence-electron chi connectivity index (χ4n) is 9.76. The van der Waals surface area contributed by atoms with Crippen molar-refractivity contribution in [2.24, 2.45) is 5.92 Å². The van der Waals surface area contributed by atoms with Gasteiger partial charge in [0, 0.05) is 13.0 Å². The van der Waals surface area contributed by atoms with E-state index in [-0.39, 0.29) is 50.0 Å². The summed E-state index contributed by atoms with van der Waals surface area (Å²) in [6.07, 6.45) is -32.5. The second-order valence-corrected chi connectivity index (χ2v) is 21.7. The highest BCUT2D eigenvalue weighted by molar-refractivity contribution is 4.98.